The van der Waals surface area contributed by atoms with E-state index in [-0.39, 0.29) is 12.4 Å². The molecule has 0 aromatic heterocycles. The van der Waals surface area contributed by atoms with Gasteiger partial charge in [0.15, 0.2) is 11.6 Å². The molecule has 5 nitrogen and oxygen atoms in total. The fourth-order valence-electron chi connectivity index (χ4n) is 1.59. The summed E-state index contributed by atoms with van der Waals surface area (Å²) in [6.45, 7) is 1.53. The molecule has 1 aromatic rings. The highest BCUT2D eigenvalue weighted by molar-refractivity contribution is 5.93. The smallest absolute Gasteiger partial charge is 0.333 e. The monoisotopic (exact) mass is 308 g/mol. The molecule has 0 amide bonds. The lowest BCUT2D eigenvalue weighted by molar-refractivity contribution is -0.136. The molecular weight excluding hydrogens is 291 g/mol. The summed E-state index contributed by atoms with van der Waals surface area (Å²) in [5.74, 6) is -1.63. The number of hydrogen-bond donors (Lipinski definition) is 0. The first kappa shape index (κ1) is 17.4. The van der Waals surface area contributed by atoms with E-state index in [2.05, 4.69) is 9.47 Å². The van der Waals surface area contributed by atoms with Gasteiger partial charge in [0, 0.05) is 17.2 Å². The number of methoxy groups -OCH3 is 2. The fourth-order valence-corrected chi connectivity index (χ4v) is 1.59. The molecule has 0 aliphatic heterocycles. The van der Waals surface area contributed by atoms with E-state index < -0.39 is 17.8 Å². The summed E-state index contributed by atoms with van der Waals surface area (Å²) in [6.07, 6.45) is 4.04. The molecule has 0 atom stereocenters. The first-order chi connectivity index (χ1) is 10.5. The topological polar surface area (TPSA) is 61.8 Å². The van der Waals surface area contributed by atoms with Gasteiger partial charge in [0.25, 0.3) is 0 Å². The first-order valence-electron chi connectivity index (χ1n) is 6.42. The van der Waals surface area contributed by atoms with Crippen LogP contribution < -0.4 is 4.74 Å². The number of hydrogen-bond acceptors (Lipinski definition) is 5. The minimum absolute atomic E-state index is 0.0136. The van der Waals surface area contributed by atoms with E-state index in [4.69, 9.17) is 4.74 Å². The predicted octanol–water partition coefficient (Wildman–Crippen LogP) is 2.51. The van der Waals surface area contributed by atoms with E-state index in [1.54, 1.807) is 13.0 Å². The molecule has 0 bridgehead atoms. The average Bonchev–Trinajstić information content (AvgIpc) is 2.52. The zero-order valence-electron chi connectivity index (χ0n) is 12.6. The maximum Gasteiger partial charge on any atom is 0.333 e. The number of benzene rings is 1. The molecule has 6 heteroatoms. The van der Waals surface area contributed by atoms with Gasteiger partial charge in [0.1, 0.15) is 6.61 Å². The highest BCUT2D eigenvalue weighted by atomic mass is 19.1. The van der Waals surface area contributed by atoms with Crippen molar-refractivity contribution in [3.05, 3.63) is 47.3 Å². The quantitative estimate of drug-likeness (QED) is 0.597. The summed E-state index contributed by atoms with van der Waals surface area (Å²) >= 11 is 0. The van der Waals surface area contributed by atoms with Gasteiger partial charge in [-0.1, -0.05) is 12.1 Å². The lowest BCUT2D eigenvalue weighted by Gasteiger charge is -2.09. The summed E-state index contributed by atoms with van der Waals surface area (Å²) in [5.41, 5.74) is 0.706. The number of ether oxygens (including phenoxy) is 3. The van der Waals surface area contributed by atoms with Crippen LogP contribution in [0.15, 0.2) is 35.9 Å². The molecule has 0 heterocycles. The molecule has 1 rings (SSSR count). The van der Waals surface area contributed by atoms with Gasteiger partial charge in [-0.2, -0.15) is 0 Å². The molecule has 0 aliphatic rings. The van der Waals surface area contributed by atoms with E-state index in [1.165, 1.54) is 44.6 Å². The average molecular weight is 308 g/mol. The second kappa shape index (κ2) is 8.61. The van der Waals surface area contributed by atoms with Crippen molar-refractivity contribution in [1.29, 1.82) is 0 Å². The normalized spacial score (nSPS) is 11.4. The first-order valence-corrected chi connectivity index (χ1v) is 6.42. The minimum atomic E-state index is -0.571. The van der Waals surface area contributed by atoms with Crippen molar-refractivity contribution in [1.82, 2.24) is 0 Å². The molecule has 0 radical (unpaired) electrons. The summed E-state index contributed by atoms with van der Waals surface area (Å²) in [5, 5.41) is 0. The Morgan fingerprint density at radius 2 is 1.95 bits per heavy atom. The molecule has 118 valence electrons. The van der Waals surface area contributed by atoms with Gasteiger partial charge in [-0.05, 0) is 25.1 Å². The number of carbonyl (C=O) groups excluding carboxylic acids is 2. The van der Waals surface area contributed by atoms with E-state index >= 15 is 0 Å². The van der Waals surface area contributed by atoms with Crippen molar-refractivity contribution in [3.63, 3.8) is 0 Å². The second-order valence-electron chi connectivity index (χ2n) is 4.21. The third-order valence-corrected chi connectivity index (χ3v) is 2.66. The van der Waals surface area contributed by atoms with Crippen molar-refractivity contribution < 1.29 is 28.2 Å². The Balaban J connectivity index is 2.93. The molecule has 1 aromatic carbocycles. The third kappa shape index (κ3) is 5.05. The van der Waals surface area contributed by atoms with E-state index in [9.17, 15) is 14.0 Å². The van der Waals surface area contributed by atoms with Crippen LogP contribution in [-0.2, 0) is 19.1 Å². The summed E-state index contributed by atoms with van der Waals surface area (Å²) in [4.78, 5) is 22.3. The number of esters is 2. The van der Waals surface area contributed by atoms with Crippen molar-refractivity contribution in [2.75, 3.05) is 20.8 Å². The molecule has 0 aliphatic carbocycles. The highest BCUT2D eigenvalue weighted by Gasteiger charge is 2.10. The van der Waals surface area contributed by atoms with Gasteiger partial charge in [0.2, 0.25) is 0 Å². The maximum absolute atomic E-state index is 13.8. The largest absolute Gasteiger partial charge is 0.486 e. The van der Waals surface area contributed by atoms with Gasteiger partial charge >= 0.3 is 11.9 Å². The summed E-state index contributed by atoms with van der Waals surface area (Å²) in [6, 6.07) is 4.35. The van der Waals surface area contributed by atoms with Crippen molar-refractivity contribution >= 4 is 18.0 Å². The van der Waals surface area contributed by atoms with Gasteiger partial charge < -0.3 is 14.2 Å². The fraction of sp³-hybridized carbons (Fsp3) is 0.250. The Labute approximate surface area is 128 Å². The highest BCUT2D eigenvalue weighted by Crippen LogP contribution is 2.25. The van der Waals surface area contributed by atoms with Crippen LogP contribution in [0.2, 0.25) is 0 Å². The van der Waals surface area contributed by atoms with Crippen molar-refractivity contribution in [3.8, 4) is 5.75 Å². The maximum atomic E-state index is 13.8. The Morgan fingerprint density at radius 1 is 1.23 bits per heavy atom. The molecule has 0 fully saturated rings. The van der Waals surface area contributed by atoms with Gasteiger partial charge in [-0.25, -0.2) is 14.0 Å². The Hall–Kier alpha value is -2.63. The molecule has 0 N–H and O–H groups in total. The molecule has 0 unspecified atom stereocenters. The molecule has 0 saturated heterocycles. The van der Waals surface area contributed by atoms with E-state index in [0.717, 1.165) is 0 Å². The van der Waals surface area contributed by atoms with Gasteiger partial charge in [-0.3, -0.25) is 0 Å². The Bertz CT molecular complexity index is 605. The van der Waals surface area contributed by atoms with Crippen LogP contribution >= 0.6 is 0 Å². The predicted molar refractivity (Wildman–Crippen MR) is 78.7 cm³/mol. The van der Waals surface area contributed by atoms with Crippen LogP contribution in [0, 0.1) is 5.82 Å². The third-order valence-electron chi connectivity index (χ3n) is 2.66. The Morgan fingerprint density at radius 3 is 2.59 bits per heavy atom. The number of para-hydroxylation sites is 1. The Kier molecular flexibility index (Phi) is 6.82. The lowest BCUT2D eigenvalue weighted by atomic mass is 10.1. The molecule has 22 heavy (non-hydrogen) atoms. The molecule has 0 spiro atoms. The number of carbonyl (C=O) groups is 2. The van der Waals surface area contributed by atoms with E-state index in [0.29, 0.717) is 11.1 Å². The molecule has 0 saturated carbocycles. The van der Waals surface area contributed by atoms with Gasteiger partial charge in [-0.15, -0.1) is 0 Å². The van der Waals surface area contributed by atoms with Crippen LogP contribution in [0.1, 0.15) is 12.5 Å². The number of rotatable bonds is 6. The van der Waals surface area contributed by atoms with Crippen LogP contribution in [0.3, 0.4) is 0 Å². The summed E-state index contributed by atoms with van der Waals surface area (Å²) in [7, 11) is 2.52. The van der Waals surface area contributed by atoms with Crippen LogP contribution in [-0.4, -0.2) is 32.8 Å². The molecular formula is C16H17FO5. The van der Waals surface area contributed by atoms with Crippen LogP contribution in [0.25, 0.3) is 6.08 Å². The van der Waals surface area contributed by atoms with Crippen molar-refractivity contribution in [2.24, 2.45) is 0 Å². The summed E-state index contributed by atoms with van der Waals surface area (Å²) < 4.78 is 28.2. The standard InChI is InChI=1S/C16H17FO5/c1-11(16(19)21-3)10-12-6-4-7-13(17)15(12)22-9-5-8-14(18)20-2/h4-8,10H,9H2,1-3H3/b8-5+,11-10+. The second-order valence-corrected chi connectivity index (χ2v) is 4.21. The van der Waals surface area contributed by atoms with Gasteiger partial charge in [0.05, 0.1) is 14.2 Å². The minimum Gasteiger partial charge on any atom is -0.486 e. The van der Waals surface area contributed by atoms with Crippen LogP contribution in [0.5, 0.6) is 5.75 Å². The zero-order chi connectivity index (χ0) is 16.5. The lowest BCUT2D eigenvalue weighted by Crippen LogP contribution is -2.03. The van der Waals surface area contributed by atoms with Crippen molar-refractivity contribution in [2.45, 2.75) is 6.92 Å². The SMILES string of the molecule is COC(=O)/C=C/COc1c(F)cccc1/C=C(\C)C(=O)OC. The number of halogens is 1. The van der Waals surface area contributed by atoms with Crippen LogP contribution in [0.4, 0.5) is 4.39 Å². The van der Waals surface area contributed by atoms with E-state index in [1.807, 2.05) is 0 Å². The zero-order valence-corrected chi connectivity index (χ0v) is 12.6.